The van der Waals surface area contributed by atoms with Crippen LogP contribution in [0, 0.1) is 6.92 Å². The number of aryl methyl sites for hydroxylation is 2. The molecule has 0 atom stereocenters. The van der Waals surface area contributed by atoms with Crippen LogP contribution < -0.4 is 10.6 Å². The number of phenolic OH excluding ortho intramolecular Hbond substituents is 1. The van der Waals surface area contributed by atoms with Crippen molar-refractivity contribution in [3.05, 3.63) is 101 Å². The molecule has 1 saturated carbocycles. The van der Waals surface area contributed by atoms with Gasteiger partial charge in [-0.25, -0.2) is 4.79 Å². The van der Waals surface area contributed by atoms with Crippen molar-refractivity contribution in [1.82, 2.24) is 15.1 Å². The second-order valence-electron chi connectivity index (χ2n) is 10.2. The molecule has 5 rings (SSSR count). The third-order valence-electron chi connectivity index (χ3n) is 7.42. The van der Waals surface area contributed by atoms with Crippen molar-refractivity contribution in [1.29, 1.82) is 0 Å². The molecule has 1 aliphatic carbocycles. The van der Waals surface area contributed by atoms with Gasteiger partial charge in [-0.3, -0.25) is 4.79 Å². The van der Waals surface area contributed by atoms with Gasteiger partial charge in [-0.05, 0) is 67.6 Å². The lowest BCUT2D eigenvalue weighted by atomic mass is 10.0. The Morgan fingerprint density at radius 1 is 0.949 bits per heavy atom. The zero-order valence-corrected chi connectivity index (χ0v) is 22.4. The lowest BCUT2D eigenvalue weighted by molar-refractivity contribution is 0.102. The second kappa shape index (κ2) is 11.6. The van der Waals surface area contributed by atoms with Crippen LogP contribution in [0.3, 0.4) is 0 Å². The highest BCUT2D eigenvalue weighted by Gasteiger charge is 2.26. The van der Waals surface area contributed by atoms with E-state index in [1.54, 1.807) is 24.3 Å². The molecule has 0 bridgehead atoms. The first-order valence-electron chi connectivity index (χ1n) is 13.6. The minimum absolute atomic E-state index is 0.0168. The van der Waals surface area contributed by atoms with Gasteiger partial charge in [-0.2, -0.15) is 9.78 Å². The molecule has 3 N–H and O–H groups in total. The van der Waals surface area contributed by atoms with Gasteiger partial charge in [0.05, 0.1) is 11.4 Å². The van der Waals surface area contributed by atoms with Crippen LogP contribution >= 0.6 is 0 Å². The Bertz CT molecular complexity index is 1470. The van der Waals surface area contributed by atoms with E-state index in [-0.39, 0.29) is 23.6 Å². The minimum atomic E-state index is -0.291. The molecule has 200 valence electrons. The highest BCUT2D eigenvalue weighted by Crippen LogP contribution is 2.38. The fourth-order valence-electron chi connectivity index (χ4n) is 5.08. The molecule has 2 amide bonds. The normalized spacial score (nSPS) is 13.4. The standard InChI is InChI=1S/C32H34N4O3/c1-3-22-12-14-25(15-13-22)31(38)34-26-16-17-27(30(37)18-26)28-19-29(24-6-4-5-7-24)36(35-28)32(39)33-20-23-10-8-21(2)9-11-23/h8-19,24,37H,3-7,20H2,1-2H3,(H,33,39)(H,34,38). The van der Waals surface area contributed by atoms with Gasteiger partial charge >= 0.3 is 6.03 Å². The SMILES string of the molecule is CCc1ccc(C(=O)Nc2ccc(-c3cc(C4CCCC4)n(C(=O)NCc4ccc(C)cc4)n3)c(O)c2)cc1. The molecule has 3 aromatic carbocycles. The molecule has 0 saturated heterocycles. The number of hydrogen-bond acceptors (Lipinski definition) is 4. The van der Waals surface area contributed by atoms with Gasteiger partial charge in [-0.1, -0.05) is 61.7 Å². The van der Waals surface area contributed by atoms with Crippen molar-refractivity contribution in [3.8, 4) is 17.0 Å². The number of nitrogens with one attached hydrogen (secondary N) is 2. The molecular formula is C32H34N4O3. The van der Waals surface area contributed by atoms with Gasteiger partial charge in [0.15, 0.2) is 0 Å². The van der Waals surface area contributed by atoms with Crippen molar-refractivity contribution in [2.45, 2.75) is 58.4 Å². The molecule has 7 nitrogen and oxygen atoms in total. The Morgan fingerprint density at radius 2 is 1.64 bits per heavy atom. The minimum Gasteiger partial charge on any atom is -0.507 e. The molecule has 1 fully saturated rings. The molecule has 39 heavy (non-hydrogen) atoms. The third-order valence-corrected chi connectivity index (χ3v) is 7.42. The van der Waals surface area contributed by atoms with Crippen molar-refractivity contribution in [2.24, 2.45) is 0 Å². The number of aromatic nitrogens is 2. The first-order valence-corrected chi connectivity index (χ1v) is 13.6. The number of carbonyl (C=O) groups is 2. The summed E-state index contributed by atoms with van der Waals surface area (Å²) in [6.07, 6.45) is 5.16. The smallest absolute Gasteiger partial charge is 0.342 e. The van der Waals surface area contributed by atoms with Crippen molar-refractivity contribution < 1.29 is 14.7 Å². The van der Waals surface area contributed by atoms with Gasteiger partial charge in [0.25, 0.3) is 5.91 Å². The maximum Gasteiger partial charge on any atom is 0.342 e. The van der Waals surface area contributed by atoms with Crippen molar-refractivity contribution in [3.63, 3.8) is 0 Å². The molecule has 0 aliphatic heterocycles. The third kappa shape index (κ3) is 6.03. The number of anilines is 1. The summed E-state index contributed by atoms with van der Waals surface area (Å²) in [5, 5.41) is 21.3. The van der Waals surface area contributed by atoms with Crippen molar-refractivity contribution >= 4 is 17.6 Å². The number of carbonyl (C=O) groups excluding carboxylic acids is 2. The fourth-order valence-corrected chi connectivity index (χ4v) is 5.08. The molecule has 1 aromatic heterocycles. The number of amides is 2. The van der Waals surface area contributed by atoms with E-state index >= 15 is 0 Å². The lowest BCUT2D eigenvalue weighted by Gasteiger charge is -2.12. The number of aromatic hydroxyl groups is 1. The Labute approximate surface area is 228 Å². The zero-order valence-electron chi connectivity index (χ0n) is 22.4. The summed E-state index contributed by atoms with van der Waals surface area (Å²) in [4.78, 5) is 25.9. The van der Waals surface area contributed by atoms with Crippen LogP contribution in [-0.4, -0.2) is 26.8 Å². The molecule has 1 aliphatic rings. The molecular weight excluding hydrogens is 488 g/mol. The van der Waals surface area contributed by atoms with E-state index in [0.29, 0.717) is 29.1 Å². The molecule has 4 aromatic rings. The van der Waals surface area contributed by atoms with Crippen LogP contribution in [0.4, 0.5) is 10.5 Å². The van der Waals surface area contributed by atoms with Crippen LogP contribution in [0.25, 0.3) is 11.3 Å². The first-order chi connectivity index (χ1) is 18.9. The molecule has 0 spiro atoms. The molecule has 0 unspecified atom stereocenters. The summed E-state index contributed by atoms with van der Waals surface area (Å²) in [5.41, 5.74) is 6.25. The molecule has 0 radical (unpaired) electrons. The highest BCUT2D eigenvalue weighted by molar-refractivity contribution is 6.04. The largest absolute Gasteiger partial charge is 0.507 e. The average Bonchev–Trinajstić information content (AvgIpc) is 3.63. The summed E-state index contributed by atoms with van der Waals surface area (Å²) in [7, 11) is 0. The highest BCUT2D eigenvalue weighted by atomic mass is 16.3. The average molecular weight is 523 g/mol. The Hall–Kier alpha value is -4.39. The van der Waals surface area contributed by atoms with E-state index in [4.69, 9.17) is 0 Å². The van der Waals surface area contributed by atoms with E-state index in [0.717, 1.165) is 48.9 Å². The van der Waals surface area contributed by atoms with Gasteiger partial charge in [0.1, 0.15) is 5.75 Å². The predicted molar refractivity (Wildman–Crippen MR) is 153 cm³/mol. The number of phenols is 1. The van der Waals surface area contributed by atoms with Gasteiger partial charge < -0.3 is 15.7 Å². The number of benzene rings is 3. The monoisotopic (exact) mass is 522 g/mol. The van der Waals surface area contributed by atoms with Crippen LogP contribution in [0.2, 0.25) is 0 Å². The van der Waals surface area contributed by atoms with E-state index in [2.05, 4.69) is 22.7 Å². The Balaban J connectivity index is 1.35. The summed E-state index contributed by atoms with van der Waals surface area (Å²) >= 11 is 0. The van der Waals surface area contributed by atoms with Crippen molar-refractivity contribution in [2.75, 3.05) is 5.32 Å². The number of rotatable bonds is 7. The van der Waals surface area contributed by atoms with Crippen LogP contribution in [-0.2, 0) is 13.0 Å². The number of hydrogen-bond donors (Lipinski definition) is 3. The summed E-state index contributed by atoms with van der Waals surface area (Å²) < 4.78 is 1.45. The van der Waals surface area contributed by atoms with Crippen LogP contribution in [0.5, 0.6) is 5.75 Å². The summed E-state index contributed by atoms with van der Waals surface area (Å²) in [6, 6.07) is 22.1. The molecule has 1 heterocycles. The summed E-state index contributed by atoms with van der Waals surface area (Å²) in [5.74, 6) is -0.0177. The topological polar surface area (TPSA) is 96.3 Å². The number of nitrogens with zero attached hydrogens (tertiary/aromatic N) is 2. The van der Waals surface area contributed by atoms with E-state index in [9.17, 15) is 14.7 Å². The van der Waals surface area contributed by atoms with Gasteiger partial charge in [0, 0.05) is 35.3 Å². The Morgan fingerprint density at radius 3 is 2.31 bits per heavy atom. The van der Waals surface area contributed by atoms with Crippen LogP contribution in [0.15, 0.2) is 72.8 Å². The Kier molecular flexibility index (Phi) is 7.77. The fraction of sp³-hybridized carbons (Fsp3) is 0.281. The van der Waals surface area contributed by atoms with E-state index in [1.807, 2.05) is 49.4 Å². The first kappa shape index (κ1) is 26.2. The quantitative estimate of drug-likeness (QED) is 0.249. The second-order valence-corrected chi connectivity index (χ2v) is 10.2. The van der Waals surface area contributed by atoms with Gasteiger partial charge in [0.2, 0.25) is 0 Å². The lowest BCUT2D eigenvalue weighted by Crippen LogP contribution is -2.30. The van der Waals surface area contributed by atoms with E-state index < -0.39 is 0 Å². The van der Waals surface area contributed by atoms with Gasteiger partial charge in [-0.15, -0.1) is 0 Å². The maximum atomic E-state index is 13.2. The summed E-state index contributed by atoms with van der Waals surface area (Å²) in [6.45, 7) is 4.50. The molecule has 7 heteroatoms. The van der Waals surface area contributed by atoms with Crippen LogP contribution in [0.1, 0.15) is 71.3 Å². The zero-order chi connectivity index (χ0) is 27.4. The predicted octanol–water partition coefficient (Wildman–Crippen LogP) is 6.79. The maximum absolute atomic E-state index is 13.2. The van der Waals surface area contributed by atoms with E-state index in [1.165, 1.54) is 16.3 Å².